The van der Waals surface area contributed by atoms with Gasteiger partial charge in [0, 0.05) is 39.4 Å². The summed E-state index contributed by atoms with van der Waals surface area (Å²) in [4.78, 5) is 15.2. The van der Waals surface area contributed by atoms with Crippen LogP contribution in [0.3, 0.4) is 0 Å². The number of rotatable bonds is 3. The molecule has 7 aromatic rings. The summed E-state index contributed by atoms with van der Waals surface area (Å²) in [5.74, 6) is 1.53. The molecule has 0 radical (unpaired) electrons. The van der Waals surface area contributed by atoms with Crippen LogP contribution in [0.15, 0.2) is 163 Å². The van der Waals surface area contributed by atoms with E-state index in [0.29, 0.717) is 12.5 Å². The largest absolute Gasteiger partial charge is 0.366 e. The van der Waals surface area contributed by atoms with E-state index in [9.17, 15) is 0 Å². The van der Waals surface area contributed by atoms with Gasteiger partial charge in [0.1, 0.15) is 5.84 Å². The molecule has 1 N–H and O–H groups in total. The van der Waals surface area contributed by atoms with Gasteiger partial charge in [0.05, 0.1) is 27.9 Å². The van der Waals surface area contributed by atoms with Gasteiger partial charge in [0.25, 0.3) is 0 Å². The van der Waals surface area contributed by atoms with Crippen molar-refractivity contribution >= 4 is 55.4 Å². The highest BCUT2D eigenvalue weighted by atomic mass is 15.2. The third-order valence-electron chi connectivity index (χ3n) is 8.92. The molecule has 2 aromatic heterocycles. The first-order chi connectivity index (χ1) is 23.2. The van der Waals surface area contributed by atoms with Gasteiger partial charge in [-0.2, -0.15) is 0 Å². The van der Waals surface area contributed by atoms with Crippen molar-refractivity contribution in [2.75, 3.05) is 6.54 Å². The van der Waals surface area contributed by atoms with Gasteiger partial charge in [-0.3, -0.25) is 4.57 Å². The van der Waals surface area contributed by atoms with Gasteiger partial charge >= 0.3 is 0 Å². The SMILES string of the molecule is C=C1/C=C\C(c2ccc3c(c2)c2ccccc2n3-c2nc(-c3ccccc3)c3ccccc3n2)=C/CNC2=Nc3ccccc3/C2=C/1. The molecule has 47 heavy (non-hydrogen) atoms. The first-order valence-electron chi connectivity index (χ1n) is 15.8. The highest BCUT2D eigenvalue weighted by molar-refractivity contribution is 6.28. The molecule has 0 fully saturated rings. The molecule has 4 heterocycles. The highest BCUT2D eigenvalue weighted by Gasteiger charge is 2.21. The van der Waals surface area contributed by atoms with Crippen molar-refractivity contribution in [1.82, 2.24) is 19.9 Å². The van der Waals surface area contributed by atoms with Crippen molar-refractivity contribution in [2.45, 2.75) is 0 Å². The fraction of sp³-hybridized carbons (Fsp3) is 0.0238. The average Bonchev–Trinajstić information content (AvgIpc) is 3.64. The summed E-state index contributed by atoms with van der Waals surface area (Å²) in [6.07, 6.45) is 8.57. The van der Waals surface area contributed by atoms with Gasteiger partial charge in [-0.1, -0.05) is 116 Å². The molecule has 0 saturated carbocycles. The zero-order valence-corrected chi connectivity index (χ0v) is 25.6. The summed E-state index contributed by atoms with van der Waals surface area (Å²) in [6.45, 7) is 4.98. The second kappa shape index (κ2) is 10.9. The molecule has 0 bridgehead atoms. The number of hydrogen-bond acceptors (Lipinski definition) is 4. The molecule has 0 spiro atoms. The van der Waals surface area contributed by atoms with Crippen LogP contribution in [-0.2, 0) is 0 Å². The van der Waals surface area contributed by atoms with Gasteiger partial charge in [0.2, 0.25) is 5.95 Å². The number of benzene rings is 5. The summed E-state index contributed by atoms with van der Waals surface area (Å²) in [5, 5.41) is 6.88. The molecule has 0 saturated heterocycles. The normalized spacial score (nSPS) is 17.3. The minimum Gasteiger partial charge on any atom is -0.366 e. The van der Waals surface area contributed by atoms with E-state index >= 15 is 0 Å². The maximum Gasteiger partial charge on any atom is 0.235 e. The van der Waals surface area contributed by atoms with Crippen LogP contribution in [-0.4, -0.2) is 26.9 Å². The molecule has 0 amide bonds. The summed E-state index contributed by atoms with van der Waals surface area (Å²) in [6, 6.07) is 42.0. The van der Waals surface area contributed by atoms with Gasteiger partial charge < -0.3 is 5.32 Å². The molecule has 9 rings (SSSR count). The summed E-state index contributed by atoms with van der Waals surface area (Å²) in [7, 11) is 0. The van der Waals surface area contributed by atoms with Crippen LogP contribution < -0.4 is 5.32 Å². The van der Waals surface area contributed by atoms with Crippen molar-refractivity contribution in [1.29, 1.82) is 0 Å². The summed E-state index contributed by atoms with van der Waals surface area (Å²) < 4.78 is 2.19. The van der Waals surface area contributed by atoms with Crippen LogP contribution >= 0.6 is 0 Å². The number of para-hydroxylation sites is 3. The van der Waals surface area contributed by atoms with Crippen LogP contribution in [0.5, 0.6) is 0 Å². The zero-order valence-electron chi connectivity index (χ0n) is 25.6. The first-order valence-corrected chi connectivity index (χ1v) is 15.8. The van der Waals surface area contributed by atoms with Crippen LogP contribution in [0.4, 0.5) is 5.69 Å². The van der Waals surface area contributed by atoms with Crippen molar-refractivity contribution in [3.05, 3.63) is 169 Å². The minimum atomic E-state index is 0.642. The second-order valence-corrected chi connectivity index (χ2v) is 11.8. The highest BCUT2D eigenvalue weighted by Crippen LogP contribution is 2.37. The van der Waals surface area contributed by atoms with Gasteiger partial charge in [-0.25, -0.2) is 15.0 Å². The number of allylic oxidation sites excluding steroid dienone is 5. The number of hydrogen-bond donors (Lipinski definition) is 1. The average molecular weight is 604 g/mol. The lowest BCUT2D eigenvalue weighted by molar-refractivity contribution is 1.01. The van der Waals surface area contributed by atoms with E-state index in [-0.39, 0.29) is 0 Å². The molecule has 2 aliphatic rings. The number of fused-ring (bicyclic) bond motifs is 7. The molecule has 0 atom stereocenters. The smallest absolute Gasteiger partial charge is 0.235 e. The molecular weight excluding hydrogens is 574 g/mol. The van der Waals surface area contributed by atoms with E-state index in [0.717, 1.165) is 83.3 Å². The standard InChI is InChI=1S/C42H29N5/c1-27-19-20-28(23-24-43-41-35(25-27)31-13-5-8-16-36(31)44-41)30-21-22-39-34(26-30)32-14-7-10-18-38(32)47(39)42-45-37-17-9-6-15-33(37)40(46-42)29-11-3-2-4-12-29/h2-23,25-26H,1,24H2,(H,43,44)/b20-19-,28-23+,35-25-. The zero-order chi connectivity index (χ0) is 31.3. The van der Waals surface area contributed by atoms with Crippen molar-refractivity contribution in [3.8, 4) is 17.2 Å². The monoisotopic (exact) mass is 603 g/mol. The Balaban J connectivity index is 1.17. The maximum atomic E-state index is 5.21. The Labute approximate surface area is 272 Å². The Morgan fingerprint density at radius 2 is 1.43 bits per heavy atom. The van der Waals surface area contributed by atoms with Crippen molar-refractivity contribution in [2.24, 2.45) is 4.99 Å². The van der Waals surface area contributed by atoms with Crippen LogP contribution in [0, 0.1) is 0 Å². The van der Waals surface area contributed by atoms with E-state index in [2.05, 4.69) is 138 Å². The predicted molar refractivity (Wildman–Crippen MR) is 195 cm³/mol. The van der Waals surface area contributed by atoms with Gasteiger partial charge in [-0.05, 0) is 53.1 Å². The molecular formula is C42H29N5. The molecule has 5 heteroatoms. The lowest BCUT2D eigenvalue weighted by Crippen LogP contribution is -2.23. The number of aromatic nitrogens is 3. The van der Waals surface area contributed by atoms with E-state index in [4.69, 9.17) is 15.0 Å². The third kappa shape index (κ3) is 4.60. The molecule has 5 nitrogen and oxygen atoms in total. The Bertz CT molecular complexity index is 2530. The Hall–Kier alpha value is -6.33. The molecule has 2 aliphatic heterocycles. The van der Waals surface area contributed by atoms with E-state index < -0.39 is 0 Å². The van der Waals surface area contributed by atoms with Crippen LogP contribution in [0.25, 0.3) is 61.1 Å². The predicted octanol–water partition coefficient (Wildman–Crippen LogP) is 9.62. The first kappa shape index (κ1) is 27.0. The van der Waals surface area contributed by atoms with Crippen molar-refractivity contribution < 1.29 is 0 Å². The van der Waals surface area contributed by atoms with E-state index in [1.165, 1.54) is 0 Å². The lowest BCUT2D eigenvalue weighted by atomic mass is 9.99. The summed E-state index contributed by atoms with van der Waals surface area (Å²) >= 11 is 0. The van der Waals surface area contributed by atoms with Crippen LogP contribution in [0.1, 0.15) is 11.1 Å². The molecule has 5 aromatic carbocycles. The summed E-state index contributed by atoms with van der Waals surface area (Å²) in [5.41, 5.74) is 11.4. The molecule has 0 aliphatic carbocycles. The lowest BCUT2D eigenvalue weighted by Gasteiger charge is -2.12. The second-order valence-electron chi connectivity index (χ2n) is 11.8. The van der Waals surface area contributed by atoms with E-state index in [1.54, 1.807) is 0 Å². The number of nitrogens with zero attached hydrogens (tertiary/aromatic N) is 4. The maximum absolute atomic E-state index is 5.21. The Morgan fingerprint density at radius 3 is 2.34 bits per heavy atom. The van der Waals surface area contributed by atoms with Crippen molar-refractivity contribution in [3.63, 3.8) is 0 Å². The Morgan fingerprint density at radius 1 is 0.660 bits per heavy atom. The quantitative estimate of drug-likeness (QED) is 0.219. The molecule has 0 unspecified atom stereocenters. The molecule has 222 valence electrons. The fourth-order valence-corrected chi connectivity index (χ4v) is 6.71. The fourth-order valence-electron chi connectivity index (χ4n) is 6.71. The third-order valence-corrected chi connectivity index (χ3v) is 8.92. The number of nitrogens with one attached hydrogen (secondary N) is 1. The van der Waals surface area contributed by atoms with E-state index in [1.807, 2.05) is 24.3 Å². The van der Waals surface area contributed by atoms with Crippen LogP contribution in [0.2, 0.25) is 0 Å². The topological polar surface area (TPSA) is 55.1 Å². The Kier molecular flexibility index (Phi) is 6.28. The number of amidine groups is 1. The van der Waals surface area contributed by atoms with Gasteiger partial charge in [-0.15, -0.1) is 0 Å². The minimum absolute atomic E-state index is 0.642. The number of aliphatic imine (C=N–C) groups is 1. The van der Waals surface area contributed by atoms with Gasteiger partial charge in [0.15, 0.2) is 0 Å².